The van der Waals surface area contributed by atoms with Crippen LogP contribution in [0.2, 0.25) is 0 Å². The highest BCUT2D eigenvalue weighted by molar-refractivity contribution is 4.97. The van der Waals surface area contributed by atoms with Crippen LogP contribution in [0.15, 0.2) is 12.7 Å². The van der Waals surface area contributed by atoms with Crippen LogP contribution in [0.1, 0.15) is 41.0 Å². The SMILES string of the molecule is C=CC(C)(CC(C)OCC)C(C)OCC. The van der Waals surface area contributed by atoms with E-state index in [1.807, 2.05) is 19.9 Å². The van der Waals surface area contributed by atoms with E-state index in [2.05, 4.69) is 27.4 Å². The zero-order valence-electron chi connectivity index (χ0n) is 10.9. The van der Waals surface area contributed by atoms with Crippen LogP contribution in [0.3, 0.4) is 0 Å². The molecule has 0 heterocycles. The van der Waals surface area contributed by atoms with Gasteiger partial charge in [0.05, 0.1) is 12.2 Å². The molecule has 0 saturated heterocycles. The number of ether oxygens (including phenoxy) is 2. The zero-order chi connectivity index (χ0) is 11.9. The Bertz CT molecular complexity index is 179. The summed E-state index contributed by atoms with van der Waals surface area (Å²) in [7, 11) is 0. The Labute approximate surface area is 94.7 Å². The number of hydrogen-bond donors (Lipinski definition) is 0. The fourth-order valence-corrected chi connectivity index (χ4v) is 1.82. The molecule has 2 heteroatoms. The lowest BCUT2D eigenvalue weighted by Gasteiger charge is -2.34. The van der Waals surface area contributed by atoms with Crippen LogP contribution < -0.4 is 0 Å². The Morgan fingerprint density at radius 3 is 2.13 bits per heavy atom. The van der Waals surface area contributed by atoms with E-state index in [1.54, 1.807) is 0 Å². The van der Waals surface area contributed by atoms with Gasteiger partial charge in [0.25, 0.3) is 0 Å². The summed E-state index contributed by atoms with van der Waals surface area (Å²) in [4.78, 5) is 0. The van der Waals surface area contributed by atoms with Crippen LogP contribution >= 0.6 is 0 Å². The summed E-state index contributed by atoms with van der Waals surface area (Å²) in [6.45, 7) is 15.8. The lowest BCUT2D eigenvalue weighted by atomic mass is 9.80. The van der Waals surface area contributed by atoms with Crippen molar-refractivity contribution in [3.63, 3.8) is 0 Å². The molecule has 0 bridgehead atoms. The lowest BCUT2D eigenvalue weighted by Crippen LogP contribution is -2.34. The molecule has 0 aliphatic carbocycles. The molecule has 3 atom stereocenters. The Morgan fingerprint density at radius 1 is 1.20 bits per heavy atom. The summed E-state index contributed by atoms with van der Waals surface area (Å²) in [5.41, 5.74) is -0.00933. The summed E-state index contributed by atoms with van der Waals surface area (Å²) in [5.74, 6) is 0. The van der Waals surface area contributed by atoms with Crippen LogP contribution in [0.4, 0.5) is 0 Å². The largest absolute Gasteiger partial charge is 0.379 e. The average Bonchev–Trinajstić information content (AvgIpc) is 2.18. The van der Waals surface area contributed by atoms with Gasteiger partial charge in [-0.25, -0.2) is 0 Å². The third-order valence-corrected chi connectivity index (χ3v) is 2.99. The molecule has 3 unspecified atom stereocenters. The summed E-state index contributed by atoms with van der Waals surface area (Å²) in [6, 6.07) is 0. The van der Waals surface area contributed by atoms with Crippen LogP contribution in [0.25, 0.3) is 0 Å². The van der Waals surface area contributed by atoms with Crippen LogP contribution in [0, 0.1) is 5.41 Å². The lowest BCUT2D eigenvalue weighted by molar-refractivity contribution is -0.0274. The first-order valence-corrected chi connectivity index (χ1v) is 5.87. The van der Waals surface area contributed by atoms with E-state index in [0.29, 0.717) is 0 Å². The summed E-state index contributed by atoms with van der Waals surface area (Å²) in [5, 5.41) is 0. The van der Waals surface area contributed by atoms with Gasteiger partial charge in [-0.3, -0.25) is 0 Å². The Kier molecular flexibility index (Phi) is 6.86. The molecule has 0 spiro atoms. The molecule has 0 rings (SSSR count). The van der Waals surface area contributed by atoms with Crippen LogP contribution in [-0.2, 0) is 9.47 Å². The van der Waals surface area contributed by atoms with Crippen LogP contribution in [0.5, 0.6) is 0 Å². The molecule has 0 aliphatic heterocycles. The monoisotopic (exact) mass is 214 g/mol. The molecule has 15 heavy (non-hydrogen) atoms. The smallest absolute Gasteiger partial charge is 0.0635 e. The molecule has 0 saturated carbocycles. The van der Waals surface area contributed by atoms with E-state index >= 15 is 0 Å². The summed E-state index contributed by atoms with van der Waals surface area (Å²) >= 11 is 0. The molecular formula is C13H26O2. The molecule has 2 nitrogen and oxygen atoms in total. The maximum absolute atomic E-state index is 5.65. The van der Waals surface area contributed by atoms with Gasteiger partial charge < -0.3 is 9.47 Å². The topological polar surface area (TPSA) is 18.5 Å². The van der Waals surface area contributed by atoms with Gasteiger partial charge in [0.15, 0.2) is 0 Å². The third kappa shape index (κ3) is 4.80. The fraction of sp³-hybridized carbons (Fsp3) is 0.846. The van der Waals surface area contributed by atoms with Crippen molar-refractivity contribution in [3.8, 4) is 0 Å². The predicted octanol–water partition coefficient (Wildman–Crippen LogP) is 3.42. The normalized spacial score (nSPS) is 19.3. The molecule has 0 aromatic heterocycles. The molecule has 0 fully saturated rings. The van der Waals surface area contributed by atoms with E-state index < -0.39 is 0 Å². The van der Waals surface area contributed by atoms with Crippen molar-refractivity contribution in [1.29, 1.82) is 0 Å². The van der Waals surface area contributed by atoms with Gasteiger partial charge in [-0.2, -0.15) is 0 Å². The molecule has 0 amide bonds. The van der Waals surface area contributed by atoms with Gasteiger partial charge in [0.1, 0.15) is 0 Å². The first-order valence-electron chi connectivity index (χ1n) is 5.87. The highest BCUT2D eigenvalue weighted by atomic mass is 16.5. The molecule has 0 N–H and O–H groups in total. The fourth-order valence-electron chi connectivity index (χ4n) is 1.82. The first kappa shape index (κ1) is 14.7. The van der Waals surface area contributed by atoms with Crippen LogP contribution in [-0.4, -0.2) is 25.4 Å². The quantitative estimate of drug-likeness (QED) is 0.576. The van der Waals surface area contributed by atoms with Gasteiger partial charge >= 0.3 is 0 Å². The van der Waals surface area contributed by atoms with Crippen molar-refractivity contribution in [2.45, 2.75) is 53.2 Å². The minimum atomic E-state index is -0.00933. The second kappa shape index (κ2) is 7.02. The van der Waals surface area contributed by atoms with E-state index in [4.69, 9.17) is 9.47 Å². The van der Waals surface area contributed by atoms with Crippen molar-refractivity contribution in [2.75, 3.05) is 13.2 Å². The molecular weight excluding hydrogens is 188 g/mol. The number of rotatable bonds is 8. The maximum atomic E-state index is 5.65. The van der Waals surface area contributed by atoms with Gasteiger partial charge in [0.2, 0.25) is 0 Å². The maximum Gasteiger partial charge on any atom is 0.0635 e. The van der Waals surface area contributed by atoms with E-state index in [1.165, 1.54) is 0 Å². The Morgan fingerprint density at radius 2 is 1.73 bits per heavy atom. The molecule has 0 aromatic carbocycles. The highest BCUT2D eigenvalue weighted by Gasteiger charge is 2.30. The Hall–Kier alpha value is -0.340. The van der Waals surface area contributed by atoms with Crippen molar-refractivity contribution in [2.24, 2.45) is 5.41 Å². The highest BCUT2D eigenvalue weighted by Crippen LogP contribution is 2.31. The second-order valence-corrected chi connectivity index (χ2v) is 4.28. The van der Waals surface area contributed by atoms with Gasteiger partial charge in [-0.1, -0.05) is 13.0 Å². The van der Waals surface area contributed by atoms with Crippen molar-refractivity contribution >= 4 is 0 Å². The standard InChI is InChI=1S/C13H26O2/c1-7-13(6,12(5)15-9-3)10-11(4)14-8-2/h7,11-12H,1,8-10H2,2-6H3. The summed E-state index contributed by atoms with van der Waals surface area (Å²) in [6.07, 6.45) is 3.37. The average molecular weight is 214 g/mol. The van der Waals surface area contributed by atoms with E-state index in [-0.39, 0.29) is 17.6 Å². The predicted molar refractivity (Wildman–Crippen MR) is 65.1 cm³/mol. The van der Waals surface area contributed by atoms with Gasteiger partial charge in [-0.15, -0.1) is 6.58 Å². The van der Waals surface area contributed by atoms with E-state index in [9.17, 15) is 0 Å². The van der Waals surface area contributed by atoms with Crippen molar-refractivity contribution in [3.05, 3.63) is 12.7 Å². The third-order valence-electron chi connectivity index (χ3n) is 2.99. The summed E-state index contributed by atoms with van der Waals surface area (Å²) < 4.78 is 11.2. The molecule has 0 aliphatic rings. The molecule has 0 radical (unpaired) electrons. The van der Waals surface area contributed by atoms with Gasteiger partial charge in [-0.05, 0) is 34.1 Å². The first-order chi connectivity index (χ1) is 7.00. The van der Waals surface area contributed by atoms with E-state index in [0.717, 1.165) is 19.6 Å². The zero-order valence-corrected chi connectivity index (χ0v) is 10.9. The Balaban J connectivity index is 4.34. The second-order valence-electron chi connectivity index (χ2n) is 4.28. The minimum Gasteiger partial charge on any atom is -0.379 e. The van der Waals surface area contributed by atoms with Crippen molar-refractivity contribution in [1.82, 2.24) is 0 Å². The van der Waals surface area contributed by atoms with Crippen molar-refractivity contribution < 1.29 is 9.47 Å². The molecule has 90 valence electrons. The molecule has 0 aromatic rings. The van der Waals surface area contributed by atoms with Gasteiger partial charge in [0, 0.05) is 18.6 Å². The minimum absolute atomic E-state index is 0.00933. The number of hydrogen-bond acceptors (Lipinski definition) is 2.